The number of hydrogen-bond donors (Lipinski definition) is 3. The molecule has 148 valence electrons. The first-order valence-corrected chi connectivity index (χ1v) is 9.60. The first kappa shape index (κ1) is 23.1. The minimum Gasteiger partial charge on any atom is -0.383 e. The average Bonchev–Trinajstić information content (AvgIpc) is 3.32. The summed E-state index contributed by atoms with van der Waals surface area (Å²) in [5, 5.41) is 11.3. The van der Waals surface area contributed by atoms with Gasteiger partial charge in [0.05, 0.1) is 19.2 Å². The fourth-order valence-corrected chi connectivity index (χ4v) is 3.74. The van der Waals surface area contributed by atoms with Crippen molar-refractivity contribution in [3.8, 4) is 0 Å². The highest BCUT2D eigenvalue weighted by Crippen LogP contribution is 2.27. The lowest BCUT2D eigenvalue weighted by Gasteiger charge is -2.27. The second-order valence-corrected chi connectivity index (χ2v) is 6.90. The van der Waals surface area contributed by atoms with Crippen molar-refractivity contribution in [1.29, 1.82) is 0 Å². The Morgan fingerprint density at radius 3 is 2.73 bits per heavy atom. The smallest absolute Gasteiger partial charge is 0.239 e. The molecule has 1 atom stereocenters. The van der Waals surface area contributed by atoms with E-state index in [4.69, 9.17) is 4.74 Å². The summed E-state index contributed by atoms with van der Waals surface area (Å²) in [7, 11) is 3.33. The first-order chi connectivity index (χ1) is 12.2. The third-order valence-corrected chi connectivity index (χ3v) is 5.16. The Morgan fingerprint density at radius 1 is 1.35 bits per heavy atom. The normalized spacial score (nSPS) is 16.0. The number of amides is 1. The summed E-state index contributed by atoms with van der Waals surface area (Å²) in [5.74, 6) is 0.567. The van der Waals surface area contributed by atoms with Crippen LogP contribution in [0.15, 0.2) is 22.5 Å². The Balaban J connectivity index is 0.00000338. The van der Waals surface area contributed by atoms with Gasteiger partial charge in [0.25, 0.3) is 0 Å². The molecular weight excluding hydrogens is 465 g/mol. The number of nitrogens with zero attached hydrogens (tertiary/aromatic N) is 2. The number of aliphatic imine (C=N–C) groups is 1. The van der Waals surface area contributed by atoms with Crippen molar-refractivity contribution >= 4 is 47.2 Å². The summed E-state index contributed by atoms with van der Waals surface area (Å²) >= 11 is 1.79. The lowest BCUT2D eigenvalue weighted by molar-refractivity contribution is -0.120. The highest BCUT2D eigenvalue weighted by Gasteiger charge is 2.24. The van der Waals surface area contributed by atoms with Crippen LogP contribution in [0.1, 0.15) is 23.8 Å². The number of carbonyl (C=O) groups is 1. The molecule has 2 heterocycles. The zero-order valence-corrected chi connectivity index (χ0v) is 18.6. The number of hydrogen-bond acceptors (Lipinski definition) is 5. The summed E-state index contributed by atoms with van der Waals surface area (Å²) in [6.07, 6.45) is 2.52. The van der Waals surface area contributed by atoms with Gasteiger partial charge in [-0.25, -0.2) is 0 Å². The monoisotopic (exact) mass is 495 g/mol. The van der Waals surface area contributed by atoms with Crippen LogP contribution in [0.3, 0.4) is 0 Å². The number of guanidine groups is 1. The Kier molecular flexibility index (Phi) is 11.8. The van der Waals surface area contributed by atoms with E-state index in [1.165, 1.54) is 17.7 Å². The molecule has 1 saturated heterocycles. The van der Waals surface area contributed by atoms with Gasteiger partial charge in [0.1, 0.15) is 0 Å². The molecule has 1 unspecified atom stereocenters. The van der Waals surface area contributed by atoms with Crippen molar-refractivity contribution in [2.45, 2.75) is 18.9 Å². The second kappa shape index (κ2) is 13.3. The molecule has 0 bridgehead atoms. The maximum Gasteiger partial charge on any atom is 0.239 e. The van der Waals surface area contributed by atoms with E-state index >= 15 is 0 Å². The van der Waals surface area contributed by atoms with Crippen LogP contribution >= 0.6 is 35.3 Å². The molecule has 0 saturated carbocycles. The van der Waals surface area contributed by atoms with Crippen molar-refractivity contribution in [1.82, 2.24) is 20.9 Å². The van der Waals surface area contributed by atoms with E-state index in [9.17, 15) is 4.79 Å². The lowest BCUT2D eigenvalue weighted by Crippen LogP contribution is -2.46. The van der Waals surface area contributed by atoms with Crippen molar-refractivity contribution in [3.63, 3.8) is 0 Å². The van der Waals surface area contributed by atoms with E-state index in [1.807, 2.05) is 0 Å². The Hall–Kier alpha value is -0.910. The fraction of sp³-hybridized carbons (Fsp3) is 0.647. The molecule has 2 rings (SSSR count). The van der Waals surface area contributed by atoms with E-state index in [0.29, 0.717) is 25.2 Å². The second-order valence-electron chi connectivity index (χ2n) is 5.92. The topological polar surface area (TPSA) is 78.0 Å². The van der Waals surface area contributed by atoms with E-state index in [-0.39, 0.29) is 36.4 Å². The molecule has 0 aromatic carbocycles. The van der Waals surface area contributed by atoms with Crippen LogP contribution in [0.2, 0.25) is 0 Å². The van der Waals surface area contributed by atoms with Crippen molar-refractivity contribution < 1.29 is 9.53 Å². The zero-order valence-electron chi connectivity index (χ0n) is 15.5. The molecule has 1 aliphatic rings. The van der Waals surface area contributed by atoms with Crippen LogP contribution in [0.5, 0.6) is 0 Å². The van der Waals surface area contributed by atoms with Gasteiger partial charge in [0, 0.05) is 32.1 Å². The predicted molar refractivity (Wildman–Crippen MR) is 118 cm³/mol. The van der Waals surface area contributed by atoms with Crippen molar-refractivity contribution in [2.24, 2.45) is 4.99 Å². The van der Waals surface area contributed by atoms with E-state index in [1.54, 1.807) is 25.5 Å². The largest absolute Gasteiger partial charge is 0.383 e. The molecule has 3 N–H and O–H groups in total. The standard InChI is InChI=1S/C17H29N5O2S.HI/c1-18-17(21-13-16(23)19-7-10-24-2)20-12-14(15-6-5-11-25-15)22-8-3-4-9-22;/h5-6,11,14H,3-4,7-10,12-13H2,1-2H3,(H,19,23)(H2,18,20,21);1H. The SMILES string of the molecule is CN=C(NCC(=O)NCCOC)NCC(c1cccs1)N1CCCC1.I. The number of rotatable bonds is 9. The number of ether oxygens (including phenoxy) is 1. The van der Waals surface area contributed by atoms with Gasteiger partial charge in [0.2, 0.25) is 5.91 Å². The molecular formula is C17H30IN5O2S. The molecule has 1 aromatic rings. The van der Waals surface area contributed by atoms with Crippen LogP contribution in [0, 0.1) is 0 Å². The van der Waals surface area contributed by atoms with Crippen LogP contribution in [-0.4, -0.2) is 70.3 Å². The third-order valence-electron chi connectivity index (χ3n) is 4.18. The number of methoxy groups -OCH3 is 1. The Morgan fingerprint density at radius 2 is 2.12 bits per heavy atom. The van der Waals surface area contributed by atoms with Gasteiger partial charge in [-0.2, -0.15) is 0 Å². The fourth-order valence-electron chi connectivity index (χ4n) is 2.88. The van der Waals surface area contributed by atoms with E-state index in [0.717, 1.165) is 19.6 Å². The molecule has 1 aliphatic heterocycles. The molecule has 1 aromatic heterocycles. The van der Waals surface area contributed by atoms with Gasteiger partial charge in [-0.3, -0.25) is 14.7 Å². The minimum atomic E-state index is -0.0747. The summed E-state index contributed by atoms with van der Waals surface area (Å²) < 4.78 is 4.91. The molecule has 1 amide bonds. The quantitative estimate of drug-likeness (QED) is 0.209. The number of thiophene rings is 1. The molecule has 9 heteroatoms. The van der Waals surface area contributed by atoms with Crippen molar-refractivity contribution in [3.05, 3.63) is 22.4 Å². The molecule has 0 spiro atoms. The highest BCUT2D eigenvalue weighted by atomic mass is 127. The zero-order chi connectivity index (χ0) is 17.9. The summed E-state index contributed by atoms with van der Waals surface area (Å²) in [5.41, 5.74) is 0. The number of halogens is 1. The summed E-state index contributed by atoms with van der Waals surface area (Å²) in [6.45, 7) is 4.26. The Bertz CT molecular complexity index is 535. The highest BCUT2D eigenvalue weighted by molar-refractivity contribution is 14.0. The van der Waals surface area contributed by atoms with Crippen LogP contribution in [0.4, 0.5) is 0 Å². The van der Waals surface area contributed by atoms with Gasteiger partial charge >= 0.3 is 0 Å². The Labute approximate surface area is 177 Å². The molecule has 0 radical (unpaired) electrons. The molecule has 26 heavy (non-hydrogen) atoms. The van der Waals surface area contributed by atoms with E-state index < -0.39 is 0 Å². The number of carbonyl (C=O) groups excluding carboxylic acids is 1. The van der Waals surface area contributed by atoms with Gasteiger partial charge in [-0.15, -0.1) is 35.3 Å². The maximum atomic E-state index is 11.8. The predicted octanol–water partition coefficient (Wildman–Crippen LogP) is 1.43. The van der Waals surface area contributed by atoms with Gasteiger partial charge in [0.15, 0.2) is 5.96 Å². The molecule has 1 fully saturated rings. The van der Waals surface area contributed by atoms with Crippen LogP contribution in [0.25, 0.3) is 0 Å². The lowest BCUT2D eigenvalue weighted by atomic mass is 10.2. The minimum absolute atomic E-state index is 0. The summed E-state index contributed by atoms with van der Waals surface area (Å²) in [6, 6.07) is 4.63. The third kappa shape index (κ3) is 7.77. The molecule has 7 nitrogen and oxygen atoms in total. The van der Waals surface area contributed by atoms with Crippen LogP contribution < -0.4 is 16.0 Å². The summed E-state index contributed by atoms with van der Waals surface area (Å²) in [4.78, 5) is 19.8. The van der Waals surface area contributed by atoms with Crippen molar-refractivity contribution in [2.75, 3.05) is 53.5 Å². The van der Waals surface area contributed by atoms with Gasteiger partial charge in [-0.1, -0.05) is 6.07 Å². The maximum absolute atomic E-state index is 11.8. The average molecular weight is 495 g/mol. The van der Waals surface area contributed by atoms with Gasteiger partial charge in [-0.05, 0) is 37.4 Å². The van der Waals surface area contributed by atoms with Gasteiger partial charge < -0.3 is 20.7 Å². The first-order valence-electron chi connectivity index (χ1n) is 8.72. The number of likely N-dealkylation sites (tertiary alicyclic amines) is 1. The van der Waals surface area contributed by atoms with Crippen LogP contribution in [-0.2, 0) is 9.53 Å². The number of nitrogens with one attached hydrogen (secondary N) is 3. The van der Waals surface area contributed by atoms with E-state index in [2.05, 4.69) is 43.4 Å². The molecule has 0 aliphatic carbocycles.